The van der Waals surface area contributed by atoms with Crippen LogP contribution in [-0.2, 0) is 58.6 Å². The molecule has 0 saturated heterocycles. The molecule has 0 aliphatic rings. The van der Waals surface area contributed by atoms with Gasteiger partial charge in [-0.1, -0.05) is 0 Å². The van der Waals surface area contributed by atoms with Crippen molar-refractivity contribution >= 4 is 18.8 Å². The molecule has 0 aromatic heterocycles. The van der Waals surface area contributed by atoms with Gasteiger partial charge in [0.1, 0.15) is 0 Å². The van der Waals surface area contributed by atoms with Crippen LogP contribution >= 0.6 is 18.8 Å². The van der Waals surface area contributed by atoms with E-state index in [1.165, 1.54) is 0 Å². The normalized spacial score (nSPS) is 1.08. The molecule has 6 nitrogen and oxygen atoms in total. The predicted molar refractivity (Wildman–Crippen MR) is 56.2 cm³/mol. The van der Waals surface area contributed by atoms with E-state index in [4.69, 9.17) is 0 Å². The van der Waals surface area contributed by atoms with E-state index in [9.17, 15) is 0 Å². The van der Waals surface area contributed by atoms with E-state index in [0.717, 1.165) is 0 Å². The molecular weight excluding hydrogens is 764 g/mol. The van der Waals surface area contributed by atoms with Gasteiger partial charge in [-0.05, 0) is 0 Å². The molecule has 0 aliphatic heterocycles. The van der Waals surface area contributed by atoms with Gasteiger partial charge < -0.3 is 51.8 Å². The number of rotatable bonds is 0. The first kappa shape index (κ1) is 165. The van der Waals surface area contributed by atoms with Crippen molar-refractivity contribution in [1.29, 1.82) is 0 Å². The molecule has 0 saturated carbocycles. The number of nitrogens with two attached hydrogens (primary N) is 6. The van der Waals surface area contributed by atoms with Crippen LogP contribution in [0.5, 0.6) is 0 Å². The third-order valence-electron chi connectivity index (χ3n) is 0. The van der Waals surface area contributed by atoms with E-state index in [1.807, 2.05) is 0 Å². The Morgan fingerprint density at radius 3 is 0.462 bits per heavy atom. The van der Waals surface area contributed by atoms with Gasteiger partial charge >= 0.3 is 56.4 Å². The predicted octanol–water partition coefficient (Wildman–Crippen LogP) is 6.57. The van der Waals surface area contributed by atoms with Crippen molar-refractivity contribution < 1.29 is 58.6 Å². The molecule has 0 aliphatic carbocycles. The zero-order chi connectivity index (χ0) is 4.00. The summed E-state index contributed by atoms with van der Waals surface area (Å²) in [6.07, 6.45) is 0. The standard InChI is InChI=1S/2CH3.2ClH.6H2N.3Pt/h2*1H3;2*1H;6*1H2;;;/q2*-1;;;6*-1;;2*+1/p-2. The first-order valence-electron chi connectivity index (χ1n) is 0.239. The topological polar surface area (TPSA) is 201 Å². The van der Waals surface area contributed by atoms with Crippen LogP contribution in [0.15, 0.2) is 0 Å². The van der Waals surface area contributed by atoms with Crippen molar-refractivity contribution in [2.24, 2.45) is 0 Å². The largest absolute Gasteiger partial charge is 0.693 e. The summed E-state index contributed by atoms with van der Waals surface area (Å²) in [5.41, 5.74) is 0. The fourth-order valence-electron chi connectivity index (χ4n) is 0. The zero-order valence-electron chi connectivity index (χ0n) is 7.17. The molecule has 0 bridgehead atoms. The smallest absolute Gasteiger partial charge is 0 e. The maximum atomic E-state index is 4.61. The summed E-state index contributed by atoms with van der Waals surface area (Å²) in [5.74, 6) is 0. The maximum Gasteiger partial charge on any atom is 0 e. The Hall–Kier alpha value is 2.40. The van der Waals surface area contributed by atoms with Crippen molar-refractivity contribution in [3.8, 4) is 0 Å². The molecule has 12 N–H and O–H groups in total. The maximum absolute atomic E-state index is 4.61. The van der Waals surface area contributed by atoms with Crippen molar-refractivity contribution in [1.82, 2.24) is 0 Å². The molecule has 0 unspecified atom stereocenters. The minimum absolute atomic E-state index is 0. The van der Waals surface area contributed by atoms with Gasteiger partial charge in [0.15, 0.2) is 0 Å². The number of hydrogen-bond donors (Lipinski definition) is 0. The fraction of sp³-hybridized carbons (Fsp3) is 0. The van der Waals surface area contributed by atoms with Crippen LogP contribution in [0.25, 0.3) is 36.9 Å². The Morgan fingerprint density at radius 2 is 0.462 bits per heavy atom. The van der Waals surface area contributed by atoms with Gasteiger partial charge in [-0.15, -0.1) is 0 Å². The molecule has 0 aromatic rings. The third kappa shape index (κ3) is 383. The molecule has 0 fully saturated rings. The Labute approximate surface area is 128 Å². The van der Waals surface area contributed by atoms with Gasteiger partial charge in [-0.3, -0.25) is 0 Å². The zero-order valence-corrected chi connectivity index (χ0v) is 15.5. The summed E-state index contributed by atoms with van der Waals surface area (Å²) in [6.45, 7) is 0. The molecule has 0 aromatic carbocycles. The van der Waals surface area contributed by atoms with Gasteiger partial charge in [-0.25, -0.2) is 0 Å². The van der Waals surface area contributed by atoms with E-state index < -0.39 is 0 Å². The van der Waals surface area contributed by atoms with Crippen LogP contribution in [-0.4, -0.2) is 0 Å². The van der Waals surface area contributed by atoms with E-state index >= 15 is 0 Å². The number of halogens is 2. The SMILES string of the molecule is [CH3-].[CH3-].[Cl][Pt].[Cl][Pt].[NH2-].[NH2-].[NH2-].[NH2-].[NH2-].[NH2-].[Pt]. The van der Waals surface area contributed by atoms with Crippen LogP contribution < -0.4 is 0 Å². The summed E-state index contributed by atoms with van der Waals surface area (Å²) < 4.78 is 0. The second-order valence-electron chi connectivity index (χ2n) is 0. The van der Waals surface area contributed by atoms with E-state index in [-0.39, 0.29) is 72.8 Å². The first-order valence-corrected chi connectivity index (χ1v) is 5.87. The monoisotopic (exact) mass is 781 g/mol. The molecule has 13 heavy (non-hydrogen) atoms. The van der Waals surface area contributed by atoms with Crippen LogP contribution in [0.4, 0.5) is 0 Å². The molecule has 11 heteroatoms. The summed E-state index contributed by atoms with van der Waals surface area (Å²) >= 11 is 3.22. The Balaban J connectivity index is -0.000000000404. The minimum atomic E-state index is 0. The second kappa shape index (κ2) is 448. The first-order chi connectivity index (χ1) is 2.00. The van der Waals surface area contributed by atoms with E-state index in [1.54, 1.807) is 37.5 Å². The molecule has 0 rings (SSSR count). The van der Waals surface area contributed by atoms with E-state index in [2.05, 4.69) is 18.8 Å². The van der Waals surface area contributed by atoms with E-state index in [0.29, 0.717) is 0 Å². The summed E-state index contributed by atoms with van der Waals surface area (Å²) in [6, 6.07) is 0. The molecule has 0 heterocycles. The summed E-state index contributed by atoms with van der Waals surface area (Å²) in [4.78, 5) is 0. The molecular formula is C2H18Cl2N6Pt3-8. The molecule has 0 atom stereocenters. The average Bonchev–Trinajstić information content (AvgIpc) is 1.50. The van der Waals surface area contributed by atoms with Gasteiger partial charge in [-0.2, -0.15) is 0 Å². The van der Waals surface area contributed by atoms with Crippen LogP contribution in [0.2, 0.25) is 0 Å². The van der Waals surface area contributed by atoms with Crippen LogP contribution in [0.3, 0.4) is 0 Å². The Morgan fingerprint density at radius 1 is 0.462 bits per heavy atom. The van der Waals surface area contributed by atoms with Crippen LogP contribution in [0, 0.1) is 14.9 Å². The van der Waals surface area contributed by atoms with Gasteiger partial charge in [0, 0.05) is 21.1 Å². The molecule has 0 amide bonds. The van der Waals surface area contributed by atoms with Crippen molar-refractivity contribution in [3.05, 3.63) is 51.8 Å². The van der Waals surface area contributed by atoms with Gasteiger partial charge in [0.25, 0.3) is 0 Å². The third-order valence-corrected chi connectivity index (χ3v) is 0. The Kier molecular flexibility index (Phi) is 5670. The van der Waals surface area contributed by atoms with Crippen molar-refractivity contribution in [3.63, 3.8) is 0 Å². The minimum Gasteiger partial charge on any atom is -0.693 e. The summed E-state index contributed by atoms with van der Waals surface area (Å²) in [7, 11) is 9.22. The Bertz CT molecular complexity index is 23.8. The second-order valence-corrected chi connectivity index (χ2v) is 0. The number of hydrogen-bond acceptors (Lipinski definition) is 0. The fourth-order valence-corrected chi connectivity index (χ4v) is 0. The van der Waals surface area contributed by atoms with Crippen LogP contribution in [0.1, 0.15) is 0 Å². The van der Waals surface area contributed by atoms with Crippen molar-refractivity contribution in [2.75, 3.05) is 0 Å². The van der Waals surface area contributed by atoms with Crippen molar-refractivity contribution in [2.45, 2.75) is 0 Å². The molecule has 108 valence electrons. The quantitative estimate of drug-likeness (QED) is 0.240. The van der Waals surface area contributed by atoms with Gasteiger partial charge in [0.05, 0.1) is 0 Å². The molecule has 0 spiro atoms. The summed E-state index contributed by atoms with van der Waals surface area (Å²) in [5, 5.41) is 0. The molecule has 0 radical (unpaired) electrons. The van der Waals surface area contributed by atoms with Gasteiger partial charge in [0.2, 0.25) is 0 Å². The average molecular weight is 782 g/mol.